The zero-order valence-electron chi connectivity index (χ0n) is 12.5. The highest BCUT2D eigenvalue weighted by atomic mass is 16.2. The number of anilines is 1. The van der Waals surface area contributed by atoms with Gasteiger partial charge in [0.15, 0.2) is 0 Å². The van der Waals surface area contributed by atoms with Crippen molar-refractivity contribution < 1.29 is 4.79 Å². The summed E-state index contributed by atoms with van der Waals surface area (Å²) in [7, 11) is 1.94. The van der Waals surface area contributed by atoms with Gasteiger partial charge in [-0.2, -0.15) is 5.26 Å². The first-order valence-corrected chi connectivity index (χ1v) is 6.91. The molecule has 5 heteroatoms. The highest BCUT2D eigenvalue weighted by Crippen LogP contribution is 2.12. The number of hydrogen-bond acceptors (Lipinski definition) is 2. The molecule has 0 unspecified atom stereocenters. The lowest BCUT2D eigenvalue weighted by molar-refractivity contribution is 0.214. The molecule has 2 rings (SSSR count). The van der Waals surface area contributed by atoms with Crippen molar-refractivity contribution in [3.8, 4) is 6.07 Å². The number of nitriles is 1. The lowest BCUT2D eigenvalue weighted by Crippen LogP contribution is -2.35. The summed E-state index contributed by atoms with van der Waals surface area (Å²) in [6.07, 6.45) is 3.63. The first-order valence-electron chi connectivity index (χ1n) is 6.91. The van der Waals surface area contributed by atoms with Crippen molar-refractivity contribution in [1.29, 1.82) is 5.26 Å². The van der Waals surface area contributed by atoms with Gasteiger partial charge in [0.1, 0.15) is 0 Å². The molecule has 1 aromatic carbocycles. The summed E-state index contributed by atoms with van der Waals surface area (Å²) >= 11 is 0. The molecule has 0 aliphatic rings. The number of benzene rings is 1. The number of aryl methyl sites for hydroxylation is 1. The van der Waals surface area contributed by atoms with Crippen molar-refractivity contribution in [3.63, 3.8) is 0 Å². The largest absolute Gasteiger partial charge is 0.353 e. The maximum atomic E-state index is 12.4. The van der Waals surface area contributed by atoms with Crippen LogP contribution in [0.15, 0.2) is 55.3 Å². The van der Waals surface area contributed by atoms with E-state index in [1.165, 1.54) is 0 Å². The SMILES string of the molecule is C=CCN(Cc1cccn1C)C(=O)Nc1cccc(C#N)c1. The van der Waals surface area contributed by atoms with Crippen LogP contribution in [0.3, 0.4) is 0 Å². The average Bonchev–Trinajstić information content (AvgIpc) is 2.92. The van der Waals surface area contributed by atoms with E-state index < -0.39 is 0 Å². The van der Waals surface area contributed by atoms with E-state index in [9.17, 15) is 4.79 Å². The predicted octanol–water partition coefficient (Wildman–Crippen LogP) is 3.12. The topological polar surface area (TPSA) is 61.1 Å². The highest BCUT2D eigenvalue weighted by molar-refractivity contribution is 5.89. The fourth-order valence-electron chi connectivity index (χ4n) is 2.10. The minimum absolute atomic E-state index is 0.226. The number of carbonyl (C=O) groups is 1. The normalized spacial score (nSPS) is 9.82. The van der Waals surface area contributed by atoms with Gasteiger partial charge in [-0.05, 0) is 30.3 Å². The van der Waals surface area contributed by atoms with Crippen LogP contribution in [0.1, 0.15) is 11.3 Å². The molecule has 0 aliphatic heterocycles. The molecule has 22 heavy (non-hydrogen) atoms. The molecule has 0 saturated carbocycles. The molecule has 0 fully saturated rings. The Labute approximate surface area is 130 Å². The van der Waals surface area contributed by atoms with Gasteiger partial charge in [-0.25, -0.2) is 4.79 Å². The standard InChI is InChI=1S/C17H18N4O/c1-3-9-21(13-16-8-5-10-20(16)2)17(22)19-15-7-4-6-14(11-15)12-18/h3-8,10-11H,1,9,13H2,2H3,(H,19,22). The van der Waals surface area contributed by atoms with E-state index in [-0.39, 0.29) is 6.03 Å². The van der Waals surface area contributed by atoms with Crippen LogP contribution in [0.4, 0.5) is 10.5 Å². The van der Waals surface area contributed by atoms with Crippen LogP contribution < -0.4 is 5.32 Å². The highest BCUT2D eigenvalue weighted by Gasteiger charge is 2.14. The molecule has 1 N–H and O–H groups in total. The third-order valence-electron chi connectivity index (χ3n) is 3.28. The summed E-state index contributed by atoms with van der Waals surface area (Å²) in [5.74, 6) is 0. The molecule has 0 saturated heterocycles. The number of amides is 2. The number of urea groups is 1. The van der Waals surface area contributed by atoms with Crippen LogP contribution in [0.25, 0.3) is 0 Å². The van der Waals surface area contributed by atoms with E-state index in [0.717, 1.165) is 5.69 Å². The molecule has 0 aliphatic carbocycles. The monoisotopic (exact) mass is 294 g/mol. The first-order chi connectivity index (χ1) is 10.6. The molecule has 112 valence electrons. The van der Waals surface area contributed by atoms with E-state index in [4.69, 9.17) is 5.26 Å². The molecule has 5 nitrogen and oxygen atoms in total. The zero-order valence-corrected chi connectivity index (χ0v) is 12.5. The first kappa shape index (κ1) is 15.4. The molecule has 0 spiro atoms. The van der Waals surface area contributed by atoms with Gasteiger partial charge in [-0.1, -0.05) is 12.1 Å². The second-order valence-electron chi connectivity index (χ2n) is 4.90. The zero-order chi connectivity index (χ0) is 15.9. The van der Waals surface area contributed by atoms with Gasteiger partial charge in [0, 0.05) is 31.2 Å². The third kappa shape index (κ3) is 3.76. The summed E-state index contributed by atoms with van der Waals surface area (Å²) in [5.41, 5.74) is 2.14. The van der Waals surface area contributed by atoms with Crippen molar-refractivity contribution >= 4 is 11.7 Å². The summed E-state index contributed by atoms with van der Waals surface area (Å²) in [6, 6.07) is 12.6. The minimum Gasteiger partial charge on any atom is -0.353 e. The number of nitrogens with zero attached hydrogens (tertiary/aromatic N) is 3. The minimum atomic E-state index is -0.226. The molecule has 2 amide bonds. The van der Waals surface area contributed by atoms with Crippen LogP contribution >= 0.6 is 0 Å². The lowest BCUT2D eigenvalue weighted by Gasteiger charge is -2.22. The van der Waals surface area contributed by atoms with Gasteiger partial charge in [-0.15, -0.1) is 6.58 Å². The maximum absolute atomic E-state index is 12.4. The Kier molecular flexibility index (Phi) is 4.99. The number of rotatable bonds is 5. The molecule has 2 aromatic rings. The van der Waals surface area contributed by atoms with Crippen LogP contribution in [0, 0.1) is 11.3 Å². The van der Waals surface area contributed by atoms with E-state index in [0.29, 0.717) is 24.3 Å². The van der Waals surface area contributed by atoms with Crippen LogP contribution in [-0.2, 0) is 13.6 Å². The number of carbonyl (C=O) groups excluding carboxylic acids is 1. The third-order valence-corrected chi connectivity index (χ3v) is 3.28. The van der Waals surface area contributed by atoms with Crippen molar-refractivity contribution in [2.45, 2.75) is 6.54 Å². The van der Waals surface area contributed by atoms with Crippen molar-refractivity contribution in [3.05, 3.63) is 66.5 Å². The Morgan fingerprint density at radius 1 is 1.45 bits per heavy atom. The quantitative estimate of drug-likeness (QED) is 0.861. The van der Waals surface area contributed by atoms with Gasteiger partial charge in [0.2, 0.25) is 0 Å². The predicted molar refractivity (Wildman–Crippen MR) is 86.2 cm³/mol. The van der Waals surface area contributed by atoms with Gasteiger partial charge in [0.25, 0.3) is 0 Å². The maximum Gasteiger partial charge on any atom is 0.322 e. The summed E-state index contributed by atoms with van der Waals surface area (Å²) in [4.78, 5) is 14.1. The molecule has 1 aromatic heterocycles. The van der Waals surface area contributed by atoms with Gasteiger partial charge < -0.3 is 14.8 Å². The smallest absolute Gasteiger partial charge is 0.322 e. The Morgan fingerprint density at radius 3 is 2.91 bits per heavy atom. The van der Waals surface area contributed by atoms with Crippen molar-refractivity contribution in [1.82, 2.24) is 9.47 Å². The number of nitrogens with one attached hydrogen (secondary N) is 1. The average molecular weight is 294 g/mol. The fraction of sp³-hybridized carbons (Fsp3) is 0.176. The summed E-state index contributed by atoms with van der Waals surface area (Å²) in [5, 5.41) is 11.7. The van der Waals surface area contributed by atoms with E-state index in [2.05, 4.69) is 18.0 Å². The van der Waals surface area contributed by atoms with Gasteiger partial charge in [-0.3, -0.25) is 0 Å². The molecule has 0 bridgehead atoms. The Morgan fingerprint density at radius 2 is 2.27 bits per heavy atom. The van der Waals surface area contributed by atoms with E-state index in [1.54, 1.807) is 35.2 Å². The van der Waals surface area contributed by atoms with E-state index in [1.807, 2.05) is 29.9 Å². The van der Waals surface area contributed by atoms with Crippen LogP contribution in [0.5, 0.6) is 0 Å². The Hall–Kier alpha value is -3.00. The van der Waals surface area contributed by atoms with Gasteiger partial charge in [0.05, 0.1) is 18.2 Å². The molecule has 1 heterocycles. The lowest BCUT2D eigenvalue weighted by atomic mass is 10.2. The second kappa shape index (κ2) is 7.14. The molecule has 0 radical (unpaired) electrons. The molecular formula is C17H18N4O. The summed E-state index contributed by atoms with van der Waals surface area (Å²) < 4.78 is 1.97. The van der Waals surface area contributed by atoms with Crippen molar-refractivity contribution in [2.75, 3.05) is 11.9 Å². The van der Waals surface area contributed by atoms with Gasteiger partial charge >= 0.3 is 6.03 Å². The number of aromatic nitrogens is 1. The Bertz CT molecular complexity index is 711. The molecular weight excluding hydrogens is 276 g/mol. The fourth-order valence-corrected chi connectivity index (χ4v) is 2.10. The Balaban J connectivity index is 2.10. The van der Waals surface area contributed by atoms with Crippen LogP contribution in [0.2, 0.25) is 0 Å². The van der Waals surface area contributed by atoms with Crippen molar-refractivity contribution in [2.24, 2.45) is 7.05 Å². The van der Waals surface area contributed by atoms with Crippen LogP contribution in [-0.4, -0.2) is 22.0 Å². The van der Waals surface area contributed by atoms with E-state index >= 15 is 0 Å². The molecule has 0 atom stereocenters. The number of hydrogen-bond donors (Lipinski definition) is 1. The summed E-state index contributed by atoms with van der Waals surface area (Å²) in [6.45, 7) is 4.62. The second-order valence-corrected chi connectivity index (χ2v) is 4.90.